The highest BCUT2D eigenvalue weighted by atomic mass is 32.2. The van der Waals surface area contributed by atoms with E-state index < -0.39 is 32.2 Å². The summed E-state index contributed by atoms with van der Waals surface area (Å²) in [6.07, 6.45) is -2.92. The van der Waals surface area contributed by atoms with Crippen LogP contribution in [-0.4, -0.2) is 67.8 Å². The molecule has 37 heavy (non-hydrogen) atoms. The first-order valence-corrected chi connectivity index (χ1v) is 13.1. The van der Waals surface area contributed by atoms with Gasteiger partial charge in [0.25, 0.3) is 0 Å². The van der Waals surface area contributed by atoms with Crippen molar-refractivity contribution in [2.75, 3.05) is 37.7 Å². The third kappa shape index (κ3) is 5.21. The molecule has 4 rings (SSSR count). The monoisotopic (exact) mass is 536 g/mol. The Hall–Kier alpha value is -3.38. The van der Waals surface area contributed by atoms with Crippen LogP contribution in [0.15, 0.2) is 72.1 Å². The lowest BCUT2D eigenvalue weighted by Gasteiger charge is -2.42. The second kappa shape index (κ2) is 10.2. The predicted molar refractivity (Wildman–Crippen MR) is 131 cm³/mol. The van der Waals surface area contributed by atoms with Crippen LogP contribution in [0.5, 0.6) is 0 Å². The fourth-order valence-electron chi connectivity index (χ4n) is 4.82. The van der Waals surface area contributed by atoms with E-state index in [-0.39, 0.29) is 57.5 Å². The number of nitrogens with one attached hydrogen (secondary N) is 1. The molecule has 0 unspecified atom stereocenters. The minimum absolute atomic E-state index is 0.0653. The molecule has 1 spiro atoms. The summed E-state index contributed by atoms with van der Waals surface area (Å²) in [6, 6.07) is 12.8. The van der Waals surface area contributed by atoms with Crippen LogP contribution in [-0.2, 0) is 25.8 Å². The molecule has 0 bridgehead atoms. The number of para-hydroxylation sites is 1. The summed E-state index contributed by atoms with van der Waals surface area (Å²) in [5.41, 5.74) is -1.38. The Labute approximate surface area is 213 Å². The second-order valence-electron chi connectivity index (χ2n) is 8.96. The summed E-state index contributed by atoms with van der Waals surface area (Å²) >= 11 is 0. The summed E-state index contributed by atoms with van der Waals surface area (Å²) in [6.45, 7) is 3.66. The molecule has 0 atom stereocenters. The highest BCUT2D eigenvalue weighted by Crippen LogP contribution is 2.40. The molecule has 0 aromatic heterocycles. The Bertz CT molecular complexity index is 1280. The van der Waals surface area contributed by atoms with Crippen molar-refractivity contribution < 1.29 is 31.2 Å². The topological polar surface area (TPSA) is 90.0 Å². The lowest BCUT2D eigenvalue weighted by atomic mass is 9.86. The molecular weight excluding hydrogens is 509 g/mol. The standard InChI is InChI=1S/C25H27F3N4O4S/c1-2-13-29-22(33)17-30-18-32(20-8-4-3-5-9-20)24(23(30)34)11-14-31(15-12-24)37(35,36)21-10-6-7-19(16-21)25(26,27)28/h2-10,16H,1,11-15,17-18H2,(H,29,33). The van der Waals surface area contributed by atoms with Crippen molar-refractivity contribution in [3.63, 3.8) is 0 Å². The van der Waals surface area contributed by atoms with E-state index >= 15 is 0 Å². The van der Waals surface area contributed by atoms with E-state index in [2.05, 4.69) is 11.9 Å². The first kappa shape index (κ1) is 26.7. The van der Waals surface area contributed by atoms with E-state index in [9.17, 15) is 31.2 Å². The number of sulfonamides is 1. The molecular formula is C25H27F3N4O4S. The predicted octanol–water partition coefficient (Wildman–Crippen LogP) is 2.84. The minimum atomic E-state index is -4.68. The molecule has 198 valence electrons. The van der Waals surface area contributed by atoms with Gasteiger partial charge in [0.15, 0.2) is 0 Å². The van der Waals surface area contributed by atoms with Crippen molar-refractivity contribution in [3.05, 3.63) is 72.8 Å². The number of carbonyl (C=O) groups is 2. The van der Waals surface area contributed by atoms with E-state index in [1.807, 2.05) is 35.2 Å². The smallest absolute Gasteiger partial charge is 0.351 e. The highest BCUT2D eigenvalue weighted by molar-refractivity contribution is 7.89. The zero-order valence-corrected chi connectivity index (χ0v) is 20.8. The van der Waals surface area contributed by atoms with Crippen molar-refractivity contribution >= 4 is 27.5 Å². The Morgan fingerprint density at radius 1 is 1.08 bits per heavy atom. The first-order valence-electron chi connectivity index (χ1n) is 11.7. The number of amides is 2. The van der Waals surface area contributed by atoms with Crippen molar-refractivity contribution in [1.82, 2.24) is 14.5 Å². The van der Waals surface area contributed by atoms with E-state index in [4.69, 9.17) is 0 Å². The van der Waals surface area contributed by atoms with Gasteiger partial charge in [0.05, 0.1) is 17.1 Å². The SMILES string of the molecule is C=CCNC(=O)CN1CN(c2ccccc2)C2(CCN(S(=O)(=O)c3cccc(C(F)(F)F)c3)CC2)C1=O. The number of nitrogens with zero attached hydrogens (tertiary/aromatic N) is 3. The molecule has 2 aromatic rings. The fraction of sp³-hybridized carbons (Fsp3) is 0.360. The number of rotatable bonds is 7. The number of halogens is 3. The van der Waals surface area contributed by atoms with Gasteiger partial charge in [0, 0.05) is 25.3 Å². The van der Waals surface area contributed by atoms with E-state index in [1.165, 1.54) is 11.0 Å². The molecule has 1 N–H and O–H groups in total. The van der Waals surface area contributed by atoms with Crippen molar-refractivity contribution in [3.8, 4) is 0 Å². The van der Waals surface area contributed by atoms with Crippen LogP contribution < -0.4 is 10.2 Å². The maximum absolute atomic E-state index is 13.6. The van der Waals surface area contributed by atoms with E-state index in [1.54, 1.807) is 0 Å². The van der Waals surface area contributed by atoms with Crippen molar-refractivity contribution in [2.45, 2.75) is 29.5 Å². The number of benzene rings is 2. The van der Waals surface area contributed by atoms with Gasteiger partial charge in [-0.15, -0.1) is 6.58 Å². The fourth-order valence-corrected chi connectivity index (χ4v) is 6.30. The molecule has 0 aliphatic carbocycles. The number of piperidine rings is 1. The Morgan fingerprint density at radius 2 is 1.76 bits per heavy atom. The van der Waals surface area contributed by atoms with Gasteiger partial charge in [0.2, 0.25) is 21.8 Å². The maximum Gasteiger partial charge on any atom is 0.416 e. The van der Waals surface area contributed by atoms with Gasteiger partial charge in [-0.1, -0.05) is 30.3 Å². The summed E-state index contributed by atoms with van der Waals surface area (Å²) < 4.78 is 67.0. The van der Waals surface area contributed by atoms with E-state index in [0.717, 1.165) is 28.2 Å². The van der Waals surface area contributed by atoms with Crippen LogP contribution in [0.2, 0.25) is 0 Å². The Morgan fingerprint density at radius 3 is 2.38 bits per heavy atom. The molecule has 0 saturated carbocycles. The summed E-state index contributed by atoms with van der Waals surface area (Å²) in [4.78, 5) is 28.8. The molecule has 2 aromatic carbocycles. The summed E-state index contributed by atoms with van der Waals surface area (Å²) in [7, 11) is -4.22. The first-order chi connectivity index (χ1) is 17.5. The molecule has 12 heteroatoms. The molecule has 2 heterocycles. The molecule has 8 nitrogen and oxygen atoms in total. The largest absolute Gasteiger partial charge is 0.416 e. The zero-order valence-electron chi connectivity index (χ0n) is 19.9. The van der Waals surface area contributed by atoms with Crippen LogP contribution >= 0.6 is 0 Å². The van der Waals surface area contributed by atoms with Gasteiger partial charge in [-0.25, -0.2) is 8.42 Å². The van der Waals surface area contributed by atoms with E-state index in [0.29, 0.717) is 6.07 Å². The molecule has 2 fully saturated rings. The Kier molecular flexibility index (Phi) is 7.33. The van der Waals surface area contributed by atoms with Crippen LogP contribution in [0.25, 0.3) is 0 Å². The number of anilines is 1. The van der Waals surface area contributed by atoms with Gasteiger partial charge in [-0.05, 0) is 43.2 Å². The zero-order chi connectivity index (χ0) is 26.8. The average Bonchev–Trinajstić information content (AvgIpc) is 3.14. The lowest BCUT2D eigenvalue weighted by Crippen LogP contribution is -2.57. The van der Waals surface area contributed by atoms with Gasteiger partial charge in [-0.3, -0.25) is 9.59 Å². The number of alkyl halides is 3. The quantitative estimate of drug-likeness (QED) is 0.550. The number of hydrogen-bond acceptors (Lipinski definition) is 5. The third-order valence-electron chi connectivity index (χ3n) is 6.71. The number of carbonyl (C=O) groups excluding carboxylic acids is 2. The van der Waals surface area contributed by atoms with Gasteiger partial charge >= 0.3 is 6.18 Å². The van der Waals surface area contributed by atoms with Crippen molar-refractivity contribution in [1.29, 1.82) is 0 Å². The number of hydrogen-bond donors (Lipinski definition) is 1. The van der Waals surface area contributed by atoms with Gasteiger partial charge < -0.3 is 15.1 Å². The van der Waals surface area contributed by atoms with Gasteiger partial charge in [0.1, 0.15) is 12.1 Å². The average molecular weight is 537 g/mol. The highest BCUT2D eigenvalue weighted by Gasteiger charge is 2.55. The molecule has 2 aliphatic rings. The maximum atomic E-state index is 13.6. The minimum Gasteiger partial charge on any atom is -0.351 e. The van der Waals surface area contributed by atoms with Crippen LogP contribution in [0, 0.1) is 0 Å². The summed E-state index contributed by atoms with van der Waals surface area (Å²) in [5.74, 6) is -0.635. The molecule has 2 amide bonds. The third-order valence-corrected chi connectivity index (χ3v) is 8.60. The summed E-state index contributed by atoms with van der Waals surface area (Å²) in [5, 5.41) is 2.65. The van der Waals surface area contributed by atoms with Crippen LogP contribution in [0.3, 0.4) is 0 Å². The van der Waals surface area contributed by atoms with Gasteiger partial charge in [-0.2, -0.15) is 17.5 Å². The van der Waals surface area contributed by atoms with Crippen LogP contribution in [0.4, 0.5) is 18.9 Å². The molecule has 2 saturated heterocycles. The van der Waals surface area contributed by atoms with Crippen molar-refractivity contribution in [2.24, 2.45) is 0 Å². The normalized spacial score (nSPS) is 18.3. The Balaban J connectivity index is 1.58. The lowest BCUT2D eigenvalue weighted by molar-refractivity contribution is -0.137. The molecule has 0 radical (unpaired) electrons. The second-order valence-corrected chi connectivity index (χ2v) is 10.9. The van der Waals surface area contributed by atoms with Crippen LogP contribution in [0.1, 0.15) is 18.4 Å². The molecule has 2 aliphatic heterocycles.